The van der Waals surface area contributed by atoms with E-state index in [2.05, 4.69) is 5.32 Å². The highest BCUT2D eigenvalue weighted by Crippen LogP contribution is 2.38. The van der Waals surface area contributed by atoms with E-state index in [-0.39, 0.29) is 18.9 Å². The summed E-state index contributed by atoms with van der Waals surface area (Å²) in [4.78, 5) is 11.8. The van der Waals surface area contributed by atoms with Crippen LogP contribution in [0.4, 0.5) is 5.69 Å². The Balaban J connectivity index is 2.32. The molecule has 0 heterocycles. The van der Waals surface area contributed by atoms with Crippen LogP contribution in [-0.2, 0) is 4.79 Å². The number of aliphatic hydroxyl groups is 1. The molecule has 0 unspecified atom stereocenters. The smallest absolute Gasteiger partial charge is 0.226 e. The van der Waals surface area contributed by atoms with Crippen molar-refractivity contribution in [3.05, 3.63) is 41.5 Å². The number of methoxy groups -OCH3 is 4. The van der Waals surface area contributed by atoms with Gasteiger partial charge in [-0.15, -0.1) is 0 Å². The summed E-state index contributed by atoms with van der Waals surface area (Å²) in [6.45, 7) is -0.213. The van der Waals surface area contributed by atoms with Gasteiger partial charge in [0.1, 0.15) is 5.75 Å². The summed E-state index contributed by atoms with van der Waals surface area (Å²) in [6.07, 6.45) is 3.81. The molecule has 0 aliphatic rings. The molecule has 0 aromatic heterocycles. The average Bonchev–Trinajstić information content (AvgIpc) is 2.71. The second-order valence-corrected chi connectivity index (χ2v) is 5.77. The van der Waals surface area contributed by atoms with Gasteiger partial charge in [0.05, 0.1) is 47.2 Å². The van der Waals surface area contributed by atoms with Crippen molar-refractivity contribution in [1.29, 1.82) is 0 Å². The van der Waals surface area contributed by atoms with E-state index in [1.165, 1.54) is 7.11 Å². The summed E-state index contributed by atoms with van der Waals surface area (Å²) < 4.78 is 21.3. The Bertz CT molecular complexity index is 822. The first-order valence-electron chi connectivity index (χ1n) is 8.63. The van der Waals surface area contributed by atoms with E-state index in [4.69, 9.17) is 24.1 Å². The van der Waals surface area contributed by atoms with E-state index in [0.29, 0.717) is 28.7 Å². The van der Waals surface area contributed by atoms with Crippen molar-refractivity contribution in [3.8, 4) is 23.0 Å². The summed E-state index contributed by atoms with van der Waals surface area (Å²) in [5.41, 5.74) is 2.25. The predicted molar refractivity (Wildman–Crippen MR) is 108 cm³/mol. The minimum absolute atomic E-state index is 0.0225. The zero-order chi connectivity index (χ0) is 20.5. The molecular formula is C21H25NO6. The lowest BCUT2D eigenvalue weighted by molar-refractivity contribution is -0.116. The molecule has 0 bridgehead atoms. The first-order chi connectivity index (χ1) is 13.6. The third kappa shape index (κ3) is 5.17. The van der Waals surface area contributed by atoms with Crippen LogP contribution in [0.1, 0.15) is 17.5 Å². The summed E-state index contributed by atoms with van der Waals surface area (Å²) in [6, 6.07) is 9.11. The minimum Gasteiger partial charge on any atom is -0.495 e. The molecule has 0 aliphatic heterocycles. The fraction of sp³-hybridized carbons (Fsp3) is 0.286. The molecule has 7 heteroatoms. The van der Waals surface area contributed by atoms with E-state index < -0.39 is 0 Å². The molecule has 150 valence electrons. The molecular weight excluding hydrogens is 362 g/mol. The zero-order valence-electron chi connectivity index (χ0n) is 16.4. The molecule has 0 atom stereocenters. The van der Waals surface area contributed by atoms with Crippen LogP contribution in [0.3, 0.4) is 0 Å². The molecule has 7 nitrogen and oxygen atoms in total. The molecule has 0 saturated heterocycles. The van der Waals surface area contributed by atoms with Crippen LogP contribution in [0.2, 0.25) is 0 Å². The van der Waals surface area contributed by atoms with Gasteiger partial charge >= 0.3 is 0 Å². The van der Waals surface area contributed by atoms with Gasteiger partial charge in [0.2, 0.25) is 11.7 Å². The summed E-state index contributed by atoms with van der Waals surface area (Å²) >= 11 is 0. The van der Waals surface area contributed by atoms with Crippen molar-refractivity contribution >= 4 is 23.7 Å². The Hall–Kier alpha value is -3.19. The number of ether oxygens (including phenoxy) is 4. The number of rotatable bonds is 9. The van der Waals surface area contributed by atoms with Crippen molar-refractivity contribution in [2.75, 3.05) is 40.4 Å². The summed E-state index contributed by atoms with van der Waals surface area (Å²) in [7, 11) is 6.22. The van der Waals surface area contributed by atoms with Gasteiger partial charge in [-0.2, -0.15) is 0 Å². The maximum Gasteiger partial charge on any atom is 0.226 e. The van der Waals surface area contributed by atoms with Crippen LogP contribution >= 0.6 is 0 Å². The fourth-order valence-corrected chi connectivity index (χ4v) is 2.63. The molecule has 0 aliphatic carbocycles. The van der Waals surface area contributed by atoms with E-state index in [1.54, 1.807) is 33.5 Å². The lowest BCUT2D eigenvalue weighted by Gasteiger charge is -2.13. The molecule has 0 spiro atoms. The van der Waals surface area contributed by atoms with Gasteiger partial charge in [-0.25, -0.2) is 0 Å². The average molecular weight is 387 g/mol. The van der Waals surface area contributed by atoms with Gasteiger partial charge in [-0.1, -0.05) is 18.2 Å². The Morgan fingerprint density at radius 1 is 0.893 bits per heavy atom. The van der Waals surface area contributed by atoms with Gasteiger partial charge in [0.15, 0.2) is 11.5 Å². The molecule has 2 aromatic carbocycles. The first-order valence-corrected chi connectivity index (χ1v) is 8.63. The zero-order valence-corrected chi connectivity index (χ0v) is 16.4. The molecule has 2 rings (SSSR count). The topological polar surface area (TPSA) is 86.3 Å². The van der Waals surface area contributed by atoms with Crippen LogP contribution in [0.15, 0.2) is 30.3 Å². The van der Waals surface area contributed by atoms with E-state index in [0.717, 1.165) is 11.1 Å². The molecule has 28 heavy (non-hydrogen) atoms. The Kier molecular flexibility index (Phi) is 7.71. The Morgan fingerprint density at radius 3 is 2.04 bits per heavy atom. The van der Waals surface area contributed by atoms with E-state index in [9.17, 15) is 4.79 Å². The monoisotopic (exact) mass is 387 g/mol. The van der Waals surface area contributed by atoms with Crippen molar-refractivity contribution in [3.63, 3.8) is 0 Å². The van der Waals surface area contributed by atoms with Crippen LogP contribution in [-0.4, -0.2) is 46.1 Å². The number of aliphatic hydroxyl groups excluding tert-OH is 1. The summed E-state index contributed by atoms with van der Waals surface area (Å²) in [5.74, 6) is 1.91. The highest BCUT2D eigenvalue weighted by atomic mass is 16.5. The van der Waals surface area contributed by atoms with Crippen molar-refractivity contribution in [2.45, 2.75) is 6.42 Å². The number of anilines is 1. The lowest BCUT2D eigenvalue weighted by atomic mass is 10.1. The molecule has 0 saturated carbocycles. The van der Waals surface area contributed by atoms with Gasteiger partial charge in [0.25, 0.3) is 0 Å². The SMILES string of the molecule is COc1ccc(C=Cc2cc(OC)c(OC)c(OC)c2)cc1NC(=O)CCO. The van der Waals surface area contributed by atoms with Gasteiger partial charge in [-0.3, -0.25) is 4.79 Å². The van der Waals surface area contributed by atoms with E-state index in [1.807, 2.05) is 30.4 Å². The minimum atomic E-state index is -0.286. The molecule has 0 radical (unpaired) electrons. The second-order valence-electron chi connectivity index (χ2n) is 5.77. The normalized spacial score (nSPS) is 10.6. The number of hydrogen-bond donors (Lipinski definition) is 2. The molecule has 2 aromatic rings. The first kappa shape index (κ1) is 21.1. The van der Waals surface area contributed by atoms with Crippen LogP contribution < -0.4 is 24.3 Å². The lowest BCUT2D eigenvalue weighted by Crippen LogP contribution is -2.13. The van der Waals surface area contributed by atoms with Crippen molar-refractivity contribution in [1.82, 2.24) is 0 Å². The third-order valence-electron chi connectivity index (χ3n) is 3.99. The van der Waals surface area contributed by atoms with Crippen LogP contribution in [0.5, 0.6) is 23.0 Å². The number of carbonyl (C=O) groups excluding carboxylic acids is 1. The maximum absolute atomic E-state index is 11.8. The third-order valence-corrected chi connectivity index (χ3v) is 3.99. The predicted octanol–water partition coefficient (Wildman–Crippen LogP) is 3.21. The van der Waals surface area contributed by atoms with Gasteiger partial charge in [-0.05, 0) is 35.4 Å². The van der Waals surface area contributed by atoms with E-state index >= 15 is 0 Å². The highest BCUT2D eigenvalue weighted by Gasteiger charge is 2.12. The van der Waals surface area contributed by atoms with Gasteiger partial charge < -0.3 is 29.4 Å². The van der Waals surface area contributed by atoms with Crippen molar-refractivity contribution in [2.24, 2.45) is 0 Å². The summed E-state index contributed by atoms with van der Waals surface area (Å²) in [5, 5.41) is 11.6. The second kappa shape index (κ2) is 10.2. The molecule has 0 fully saturated rings. The molecule has 1 amide bonds. The Morgan fingerprint density at radius 2 is 1.50 bits per heavy atom. The highest BCUT2D eigenvalue weighted by molar-refractivity contribution is 5.93. The number of carbonyl (C=O) groups is 1. The van der Waals surface area contributed by atoms with Crippen molar-refractivity contribution < 1.29 is 28.8 Å². The number of hydrogen-bond acceptors (Lipinski definition) is 6. The fourth-order valence-electron chi connectivity index (χ4n) is 2.63. The van der Waals surface area contributed by atoms with Crippen LogP contribution in [0, 0.1) is 0 Å². The number of benzene rings is 2. The standard InChI is InChI=1S/C21H25NO6/c1-25-17-8-7-14(11-16(17)22-20(24)9-10-23)5-6-15-12-18(26-2)21(28-4)19(13-15)27-3/h5-8,11-13,23H,9-10H2,1-4H3,(H,22,24). The number of nitrogens with one attached hydrogen (secondary N) is 1. The molecule has 2 N–H and O–H groups in total. The largest absolute Gasteiger partial charge is 0.495 e. The van der Waals surface area contributed by atoms with Gasteiger partial charge in [0, 0.05) is 0 Å². The maximum atomic E-state index is 11.8. The Labute approximate surface area is 164 Å². The van der Waals surface area contributed by atoms with Crippen LogP contribution in [0.25, 0.3) is 12.2 Å². The number of amides is 1. The quantitative estimate of drug-likeness (QED) is 0.643.